The van der Waals surface area contributed by atoms with Crippen molar-refractivity contribution in [2.24, 2.45) is 5.92 Å². The Morgan fingerprint density at radius 3 is 1.76 bits per heavy atom. The first-order chi connectivity index (χ1) is 16.0. The monoisotopic (exact) mass is 476 g/mol. The van der Waals surface area contributed by atoms with Gasteiger partial charge in [-0.1, -0.05) is 67.6 Å². The lowest BCUT2D eigenvalue weighted by molar-refractivity contribution is -0.222. The Balaban J connectivity index is 1.83. The first-order valence-corrected chi connectivity index (χ1v) is 13.5. The molecule has 0 radical (unpaired) electrons. The van der Waals surface area contributed by atoms with Gasteiger partial charge in [-0.3, -0.25) is 4.57 Å². The molecule has 0 N–H and O–H groups in total. The van der Waals surface area contributed by atoms with Gasteiger partial charge in [0.2, 0.25) is 0 Å². The minimum atomic E-state index is -3.33. The molecule has 0 bridgehead atoms. The van der Waals surface area contributed by atoms with E-state index in [0.717, 1.165) is 11.1 Å². The molecule has 33 heavy (non-hydrogen) atoms. The minimum Gasteiger partial charge on any atom is -0.371 e. The molecule has 0 amide bonds. The number of rotatable bonds is 12. The summed E-state index contributed by atoms with van der Waals surface area (Å²) in [5.74, 6) is 0.0873. The van der Waals surface area contributed by atoms with E-state index in [1.165, 1.54) is 0 Å². The van der Waals surface area contributed by atoms with Crippen molar-refractivity contribution in [3.63, 3.8) is 0 Å². The van der Waals surface area contributed by atoms with Crippen LogP contribution in [0.3, 0.4) is 0 Å². The van der Waals surface area contributed by atoms with Gasteiger partial charge in [-0.25, -0.2) is 0 Å². The molecule has 6 nitrogen and oxygen atoms in total. The van der Waals surface area contributed by atoms with E-state index in [0.29, 0.717) is 26.4 Å². The highest BCUT2D eigenvalue weighted by Gasteiger charge is 2.46. The summed E-state index contributed by atoms with van der Waals surface area (Å²) in [5, 5.41) is 0. The summed E-state index contributed by atoms with van der Waals surface area (Å²) in [5.41, 5.74) is 2.15. The van der Waals surface area contributed by atoms with E-state index in [-0.39, 0.29) is 24.3 Å². The van der Waals surface area contributed by atoms with Crippen LogP contribution >= 0.6 is 7.60 Å². The molecular weight excluding hydrogens is 439 g/mol. The van der Waals surface area contributed by atoms with Crippen LogP contribution in [0, 0.1) is 5.92 Å². The molecule has 182 valence electrons. The Hall–Kier alpha value is -1.53. The van der Waals surface area contributed by atoms with E-state index in [9.17, 15) is 4.57 Å². The van der Waals surface area contributed by atoms with Gasteiger partial charge in [-0.05, 0) is 31.9 Å². The van der Waals surface area contributed by atoms with Crippen molar-refractivity contribution in [2.75, 3.05) is 19.4 Å². The molecule has 2 aromatic rings. The number of ether oxygens (including phenoxy) is 3. The highest BCUT2D eigenvalue weighted by atomic mass is 31.2. The van der Waals surface area contributed by atoms with Gasteiger partial charge in [-0.2, -0.15) is 0 Å². The third-order valence-corrected chi connectivity index (χ3v) is 8.07. The van der Waals surface area contributed by atoms with Crippen molar-refractivity contribution < 1.29 is 27.8 Å². The first kappa shape index (κ1) is 26.1. The van der Waals surface area contributed by atoms with Gasteiger partial charge in [0.15, 0.2) is 0 Å². The minimum absolute atomic E-state index is 0.0873. The van der Waals surface area contributed by atoms with E-state index < -0.39 is 19.8 Å². The second kappa shape index (κ2) is 12.8. The smallest absolute Gasteiger partial charge is 0.333 e. The summed E-state index contributed by atoms with van der Waals surface area (Å²) in [7, 11) is -3.33. The summed E-state index contributed by atoms with van der Waals surface area (Å²) in [6.45, 7) is 9.25. The van der Waals surface area contributed by atoms with Crippen LogP contribution in [0.4, 0.5) is 0 Å². The summed E-state index contributed by atoms with van der Waals surface area (Å²) in [6.07, 6.45) is -1.11. The maximum absolute atomic E-state index is 13.4. The lowest BCUT2D eigenvalue weighted by Gasteiger charge is -2.45. The molecule has 3 rings (SSSR count). The molecule has 1 aliphatic rings. The van der Waals surface area contributed by atoms with Crippen molar-refractivity contribution in [1.29, 1.82) is 0 Å². The van der Waals surface area contributed by atoms with Crippen LogP contribution in [0.1, 0.15) is 38.8 Å². The quantitative estimate of drug-likeness (QED) is 0.358. The largest absolute Gasteiger partial charge is 0.371 e. The Labute approximate surface area is 198 Å². The van der Waals surface area contributed by atoms with Crippen LogP contribution in [0.15, 0.2) is 60.7 Å². The van der Waals surface area contributed by atoms with E-state index in [1.807, 2.05) is 81.4 Å². The fourth-order valence-electron chi connectivity index (χ4n) is 4.14. The van der Waals surface area contributed by atoms with Crippen molar-refractivity contribution in [2.45, 2.75) is 65.3 Å². The van der Waals surface area contributed by atoms with Crippen LogP contribution in [0.5, 0.6) is 0 Å². The molecule has 1 heterocycles. The van der Waals surface area contributed by atoms with E-state index in [1.54, 1.807) is 0 Å². The number of hydrogen-bond donors (Lipinski definition) is 0. The topological polar surface area (TPSA) is 63.2 Å². The van der Waals surface area contributed by atoms with Crippen LogP contribution < -0.4 is 0 Å². The van der Waals surface area contributed by atoms with Crippen molar-refractivity contribution in [3.8, 4) is 0 Å². The fraction of sp³-hybridized carbons (Fsp3) is 0.538. The van der Waals surface area contributed by atoms with Gasteiger partial charge >= 0.3 is 7.60 Å². The number of hydrogen-bond acceptors (Lipinski definition) is 6. The van der Waals surface area contributed by atoms with Gasteiger partial charge < -0.3 is 23.3 Å². The predicted octanol–water partition coefficient (Wildman–Crippen LogP) is 5.85. The Bertz CT molecular complexity index is 852. The zero-order chi connectivity index (χ0) is 23.7. The predicted molar refractivity (Wildman–Crippen MR) is 129 cm³/mol. The molecule has 7 heteroatoms. The maximum Gasteiger partial charge on any atom is 0.333 e. The summed E-state index contributed by atoms with van der Waals surface area (Å²) in [4.78, 5) is 0. The molecular formula is C26H37O6P. The van der Waals surface area contributed by atoms with Crippen molar-refractivity contribution in [3.05, 3.63) is 71.8 Å². The first-order valence-electron chi connectivity index (χ1n) is 11.8. The molecule has 5 atom stereocenters. The van der Waals surface area contributed by atoms with E-state index in [2.05, 4.69) is 6.92 Å². The highest BCUT2D eigenvalue weighted by molar-refractivity contribution is 7.53. The lowest BCUT2D eigenvalue weighted by Crippen LogP contribution is -2.56. The second-order valence-electron chi connectivity index (χ2n) is 8.39. The molecule has 0 aromatic heterocycles. The molecule has 1 fully saturated rings. The average molecular weight is 477 g/mol. The molecule has 1 saturated heterocycles. The standard InChI is InChI=1S/C26H37O6P/c1-5-30-33(27,31-6-2)19-24-26(29-18-23-15-11-8-12-16-23)25(20(3)21(4)32-24)28-17-22-13-9-7-10-14-22/h7-16,20-21,24-26H,5-6,17-19H2,1-4H3/t20-,21+,24-,25?,26-/m1/s1. The van der Waals surface area contributed by atoms with Gasteiger partial charge in [0.1, 0.15) is 6.10 Å². The zero-order valence-electron chi connectivity index (χ0n) is 20.1. The van der Waals surface area contributed by atoms with Crippen LogP contribution in [0.2, 0.25) is 0 Å². The molecule has 1 aliphatic heterocycles. The Kier molecular flexibility index (Phi) is 10.1. The van der Waals surface area contributed by atoms with Crippen molar-refractivity contribution >= 4 is 7.60 Å². The van der Waals surface area contributed by atoms with Gasteiger partial charge in [-0.15, -0.1) is 0 Å². The summed E-state index contributed by atoms with van der Waals surface area (Å²) < 4.78 is 43.7. The normalized spacial score (nSPS) is 25.8. The summed E-state index contributed by atoms with van der Waals surface area (Å²) in [6, 6.07) is 20.1. The highest BCUT2D eigenvalue weighted by Crippen LogP contribution is 2.50. The molecule has 0 saturated carbocycles. The Morgan fingerprint density at radius 1 is 0.788 bits per heavy atom. The van der Waals surface area contributed by atoms with Gasteiger partial charge in [0.05, 0.1) is 50.9 Å². The zero-order valence-corrected chi connectivity index (χ0v) is 21.0. The van der Waals surface area contributed by atoms with E-state index in [4.69, 9.17) is 23.3 Å². The van der Waals surface area contributed by atoms with Crippen LogP contribution in [-0.2, 0) is 41.0 Å². The third kappa shape index (κ3) is 7.48. The van der Waals surface area contributed by atoms with Gasteiger partial charge in [0, 0.05) is 5.92 Å². The lowest BCUT2D eigenvalue weighted by atomic mass is 9.88. The average Bonchev–Trinajstić information content (AvgIpc) is 2.81. The van der Waals surface area contributed by atoms with Crippen LogP contribution in [-0.4, -0.2) is 43.8 Å². The second-order valence-corrected chi connectivity index (χ2v) is 10.5. The van der Waals surface area contributed by atoms with Crippen molar-refractivity contribution in [1.82, 2.24) is 0 Å². The van der Waals surface area contributed by atoms with Crippen LogP contribution in [0.25, 0.3) is 0 Å². The fourth-order valence-corrected chi connectivity index (χ4v) is 5.95. The molecule has 0 spiro atoms. The molecule has 2 aromatic carbocycles. The SMILES string of the molecule is CCOP(=O)(C[C@H]1O[C@@H](C)[C@@H](C)C(OCc2ccccc2)[C@@H]1OCc1ccccc1)OCC. The van der Waals surface area contributed by atoms with E-state index >= 15 is 0 Å². The summed E-state index contributed by atoms with van der Waals surface area (Å²) >= 11 is 0. The Morgan fingerprint density at radius 2 is 1.27 bits per heavy atom. The molecule has 1 unspecified atom stereocenters. The number of benzene rings is 2. The van der Waals surface area contributed by atoms with Gasteiger partial charge in [0.25, 0.3) is 0 Å². The third-order valence-electron chi connectivity index (χ3n) is 5.96. The molecule has 0 aliphatic carbocycles. The maximum atomic E-state index is 13.4.